The summed E-state index contributed by atoms with van der Waals surface area (Å²) in [7, 11) is 0. The molecule has 2 aromatic rings. The number of rotatable bonds is 6. The molecular weight excluding hydrogens is 370 g/mol. The number of carbonyl (C=O) groups is 2. The van der Waals surface area contributed by atoms with Crippen molar-refractivity contribution in [1.29, 1.82) is 0 Å². The predicted molar refractivity (Wildman–Crippen MR) is 110 cm³/mol. The second-order valence-corrected chi connectivity index (χ2v) is 7.09. The summed E-state index contributed by atoms with van der Waals surface area (Å²) in [5.41, 5.74) is 2.46. The van der Waals surface area contributed by atoms with E-state index in [-0.39, 0.29) is 11.8 Å². The maximum Gasteiger partial charge on any atom is 0.239 e. The summed E-state index contributed by atoms with van der Waals surface area (Å²) in [6, 6.07) is 13.1. The summed E-state index contributed by atoms with van der Waals surface area (Å²) in [5.74, 6) is 0.155. The quantitative estimate of drug-likeness (QED) is 0.735. The second-order valence-electron chi connectivity index (χ2n) is 7.09. The zero-order valence-corrected chi connectivity index (χ0v) is 16.4. The van der Waals surface area contributed by atoms with Crippen LogP contribution in [-0.2, 0) is 16.1 Å². The molecule has 0 bridgehead atoms. The molecule has 0 aliphatic carbocycles. The first kappa shape index (κ1) is 19.3. The number of benzene rings is 2. The molecule has 1 atom stereocenters. The number of anilines is 2. The van der Waals surface area contributed by atoms with Gasteiger partial charge >= 0.3 is 0 Å². The molecule has 1 saturated heterocycles. The van der Waals surface area contributed by atoms with Crippen molar-refractivity contribution in [3.8, 4) is 11.5 Å². The van der Waals surface area contributed by atoms with E-state index in [0.717, 1.165) is 23.5 Å². The summed E-state index contributed by atoms with van der Waals surface area (Å²) < 4.78 is 11.1. The van der Waals surface area contributed by atoms with Gasteiger partial charge in [-0.2, -0.15) is 0 Å². The van der Waals surface area contributed by atoms with Crippen molar-refractivity contribution >= 4 is 23.2 Å². The molecule has 2 aliphatic heterocycles. The number of para-hydroxylation sites is 1. The minimum Gasteiger partial charge on any atom is -0.486 e. The summed E-state index contributed by atoms with van der Waals surface area (Å²) in [4.78, 5) is 27.4. The van der Waals surface area contributed by atoms with Gasteiger partial charge in [-0.1, -0.05) is 25.1 Å². The van der Waals surface area contributed by atoms with Gasteiger partial charge in [0.15, 0.2) is 11.5 Å². The summed E-state index contributed by atoms with van der Waals surface area (Å²) in [5, 5.41) is 6.20. The van der Waals surface area contributed by atoms with Gasteiger partial charge in [0.05, 0.1) is 0 Å². The Balaban J connectivity index is 1.46. The van der Waals surface area contributed by atoms with E-state index in [9.17, 15) is 9.59 Å². The largest absolute Gasteiger partial charge is 0.486 e. The van der Waals surface area contributed by atoms with Crippen LogP contribution in [0.4, 0.5) is 11.4 Å². The van der Waals surface area contributed by atoms with Gasteiger partial charge in [-0.3, -0.25) is 9.59 Å². The number of nitrogens with one attached hydrogen (secondary N) is 2. The van der Waals surface area contributed by atoms with Gasteiger partial charge in [0.2, 0.25) is 11.8 Å². The number of hydrogen-bond acceptors (Lipinski definition) is 5. The molecule has 0 radical (unpaired) electrons. The maximum atomic E-state index is 12.9. The highest BCUT2D eigenvalue weighted by Crippen LogP contribution is 2.36. The Bertz CT molecular complexity index is 915. The monoisotopic (exact) mass is 395 g/mol. The van der Waals surface area contributed by atoms with Crippen LogP contribution in [0.15, 0.2) is 42.5 Å². The third-order valence-electron chi connectivity index (χ3n) is 5.20. The Kier molecular flexibility index (Phi) is 5.67. The number of fused-ring (bicyclic) bond motifs is 1. The van der Waals surface area contributed by atoms with E-state index < -0.39 is 5.92 Å². The fourth-order valence-electron chi connectivity index (χ4n) is 3.66. The van der Waals surface area contributed by atoms with Crippen molar-refractivity contribution in [2.24, 2.45) is 5.92 Å². The SMILES string of the molecule is CCNCc1ccccc1NC(=O)C1CCN(c2ccc3c(c2)OCCO3)C1=O. The van der Waals surface area contributed by atoms with Crippen LogP contribution in [0, 0.1) is 5.92 Å². The van der Waals surface area contributed by atoms with Crippen molar-refractivity contribution in [2.75, 3.05) is 36.5 Å². The van der Waals surface area contributed by atoms with Gasteiger partial charge in [0.25, 0.3) is 0 Å². The van der Waals surface area contributed by atoms with Crippen LogP contribution in [-0.4, -0.2) is 38.1 Å². The number of carbonyl (C=O) groups excluding carboxylic acids is 2. The fraction of sp³-hybridized carbons (Fsp3) is 0.364. The highest BCUT2D eigenvalue weighted by atomic mass is 16.6. The van der Waals surface area contributed by atoms with Crippen molar-refractivity contribution in [2.45, 2.75) is 19.9 Å². The number of ether oxygens (including phenoxy) is 2. The Morgan fingerprint density at radius 1 is 1.14 bits per heavy atom. The van der Waals surface area contributed by atoms with E-state index in [2.05, 4.69) is 10.6 Å². The fourth-order valence-corrected chi connectivity index (χ4v) is 3.66. The van der Waals surface area contributed by atoms with E-state index >= 15 is 0 Å². The van der Waals surface area contributed by atoms with Crippen LogP contribution >= 0.6 is 0 Å². The van der Waals surface area contributed by atoms with E-state index in [0.29, 0.717) is 44.2 Å². The Morgan fingerprint density at radius 2 is 1.93 bits per heavy atom. The molecule has 0 aromatic heterocycles. The predicted octanol–water partition coefficient (Wildman–Crippen LogP) is 2.56. The average Bonchev–Trinajstić information content (AvgIpc) is 3.14. The molecule has 1 unspecified atom stereocenters. The first-order valence-corrected chi connectivity index (χ1v) is 9.98. The summed E-state index contributed by atoms with van der Waals surface area (Å²) >= 11 is 0. The van der Waals surface area contributed by atoms with Crippen molar-refractivity contribution in [3.63, 3.8) is 0 Å². The molecule has 1 fully saturated rings. The summed E-state index contributed by atoms with van der Waals surface area (Å²) in [6.45, 7) is 5.04. The molecular formula is C22H25N3O4. The number of amides is 2. The van der Waals surface area contributed by atoms with Gasteiger partial charge in [-0.25, -0.2) is 0 Å². The molecule has 7 nitrogen and oxygen atoms in total. The van der Waals surface area contributed by atoms with E-state index in [1.54, 1.807) is 11.0 Å². The first-order valence-electron chi connectivity index (χ1n) is 9.98. The second kappa shape index (κ2) is 8.53. The van der Waals surface area contributed by atoms with Gasteiger partial charge in [-0.05, 0) is 36.7 Å². The third kappa shape index (κ3) is 4.05. The molecule has 2 heterocycles. The average molecular weight is 395 g/mol. The highest BCUT2D eigenvalue weighted by Gasteiger charge is 2.38. The zero-order chi connectivity index (χ0) is 20.2. The number of hydrogen-bond donors (Lipinski definition) is 2. The van der Waals surface area contributed by atoms with Crippen LogP contribution in [0.2, 0.25) is 0 Å². The lowest BCUT2D eigenvalue weighted by Gasteiger charge is -2.22. The topological polar surface area (TPSA) is 79.9 Å². The minimum absolute atomic E-state index is 0.191. The van der Waals surface area contributed by atoms with Crippen LogP contribution < -0.4 is 25.0 Å². The molecule has 2 aliphatic rings. The molecule has 29 heavy (non-hydrogen) atoms. The Labute approximate surface area is 170 Å². The van der Waals surface area contributed by atoms with E-state index in [1.165, 1.54) is 0 Å². The zero-order valence-electron chi connectivity index (χ0n) is 16.4. The molecule has 0 saturated carbocycles. The molecule has 0 spiro atoms. The highest BCUT2D eigenvalue weighted by molar-refractivity contribution is 6.13. The number of nitrogens with zero attached hydrogens (tertiary/aromatic N) is 1. The molecule has 4 rings (SSSR count). The molecule has 2 aromatic carbocycles. The lowest BCUT2D eigenvalue weighted by atomic mass is 10.1. The van der Waals surface area contributed by atoms with Gasteiger partial charge in [0.1, 0.15) is 19.1 Å². The smallest absolute Gasteiger partial charge is 0.239 e. The van der Waals surface area contributed by atoms with E-state index in [1.807, 2.05) is 43.3 Å². The van der Waals surface area contributed by atoms with E-state index in [4.69, 9.17) is 9.47 Å². The lowest BCUT2D eigenvalue weighted by molar-refractivity contribution is -0.129. The third-order valence-corrected chi connectivity index (χ3v) is 5.20. The molecule has 152 valence electrons. The van der Waals surface area contributed by atoms with Gasteiger partial charge in [-0.15, -0.1) is 0 Å². The van der Waals surface area contributed by atoms with Crippen LogP contribution in [0.25, 0.3) is 0 Å². The normalized spacial score (nSPS) is 18.0. The van der Waals surface area contributed by atoms with Crippen LogP contribution in [0.5, 0.6) is 11.5 Å². The Morgan fingerprint density at radius 3 is 2.76 bits per heavy atom. The first-order chi connectivity index (χ1) is 14.2. The van der Waals surface area contributed by atoms with Crippen LogP contribution in [0.1, 0.15) is 18.9 Å². The van der Waals surface area contributed by atoms with Gasteiger partial charge in [0, 0.05) is 30.5 Å². The van der Waals surface area contributed by atoms with Crippen molar-refractivity contribution < 1.29 is 19.1 Å². The lowest BCUT2D eigenvalue weighted by Crippen LogP contribution is -2.33. The molecule has 7 heteroatoms. The van der Waals surface area contributed by atoms with Gasteiger partial charge < -0.3 is 25.0 Å². The minimum atomic E-state index is -0.699. The summed E-state index contributed by atoms with van der Waals surface area (Å²) in [6.07, 6.45) is 0.481. The Hall–Kier alpha value is -3.06. The van der Waals surface area contributed by atoms with Crippen LogP contribution in [0.3, 0.4) is 0 Å². The standard InChI is InChI=1S/C22H25N3O4/c1-2-23-14-15-5-3-4-6-18(15)24-21(26)17-9-10-25(22(17)27)16-7-8-19-20(13-16)29-12-11-28-19/h3-8,13,17,23H,2,9-12,14H2,1H3,(H,24,26). The molecule has 2 amide bonds. The van der Waals surface area contributed by atoms with Crippen molar-refractivity contribution in [3.05, 3.63) is 48.0 Å². The maximum absolute atomic E-state index is 12.9. The molecule has 2 N–H and O–H groups in total. The van der Waals surface area contributed by atoms with Crippen molar-refractivity contribution in [1.82, 2.24) is 5.32 Å².